The van der Waals surface area contributed by atoms with E-state index in [4.69, 9.17) is 4.74 Å². The summed E-state index contributed by atoms with van der Waals surface area (Å²) in [6, 6.07) is 7.14. The van der Waals surface area contributed by atoms with Crippen molar-refractivity contribution in [2.45, 2.75) is 18.8 Å². The quantitative estimate of drug-likeness (QED) is 0.847. The van der Waals surface area contributed by atoms with Crippen LogP contribution >= 0.6 is 0 Å². The number of hydrogen-bond donors (Lipinski definition) is 1. The number of morpholine rings is 1. The van der Waals surface area contributed by atoms with Crippen molar-refractivity contribution in [3.63, 3.8) is 0 Å². The summed E-state index contributed by atoms with van der Waals surface area (Å²) in [5, 5.41) is 0. The second-order valence-electron chi connectivity index (χ2n) is 6.92. The maximum Gasteiger partial charge on any atom is 0.252 e. The molecule has 0 aromatic carbocycles. The van der Waals surface area contributed by atoms with Crippen LogP contribution in [0.2, 0.25) is 0 Å². The number of likely N-dealkylation sites (tertiary alicyclic amines) is 1. The van der Waals surface area contributed by atoms with Crippen LogP contribution in [0.5, 0.6) is 0 Å². The average Bonchev–Trinajstić information content (AvgIpc) is 3.19. The van der Waals surface area contributed by atoms with Crippen LogP contribution < -0.4 is 10.5 Å². The van der Waals surface area contributed by atoms with E-state index in [1.165, 1.54) is 0 Å². The minimum atomic E-state index is -0.153. The second kappa shape index (κ2) is 7.87. The molecule has 8 nitrogen and oxygen atoms in total. The molecule has 1 amide bonds. The predicted octanol–water partition coefficient (Wildman–Crippen LogP) is 0.560. The van der Waals surface area contributed by atoms with Crippen LogP contribution in [0.3, 0.4) is 0 Å². The summed E-state index contributed by atoms with van der Waals surface area (Å²) in [4.78, 5) is 40.3. The van der Waals surface area contributed by atoms with Crippen molar-refractivity contribution in [2.24, 2.45) is 0 Å². The number of rotatable bonds is 4. The Labute approximate surface area is 157 Å². The van der Waals surface area contributed by atoms with Crippen LogP contribution in [0.15, 0.2) is 35.3 Å². The van der Waals surface area contributed by atoms with Gasteiger partial charge in [0.05, 0.1) is 25.3 Å². The third-order valence-electron chi connectivity index (χ3n) is 5.08. The largest absolute Gasteiger partial charge is 0.378 e. The SMILES string of the molecule is O=C(Cc1ccccn1)N1CC[C@@H](c2cc(=O)[nH]c(N3CCOCC3)n2)C1. The lowest BCUT2D eigenvalue weighted by molar-refractivity contribution is -0.129. The maximum atomic E-state index is 12.5. The molecule has 0 aliphatic carbocycles. The zero-order valence-electron chi connectivity index (χ0n) is 15.1. The highest BCUT2D eigenvalue weighted by Crippen LogP contribution is 2.26. The van der Waals surface area contributed by atoms with E-state index in [1.807, 2.05) is 28.0 Å². The van der Waals surface area contributed by atoms with Crippen LogP contribution in [0.25, 0.3) is 0 Å². The molecule has 0 spiro atoms. The number of hydrogen-bond acceptors (Lipinski definition) is 6. The second-order valence-corrected chi connectivity index (χ2v) is 6.92. The fraction of sp³-hybridized carbons (Fsp3) is 0.474. The zero-order valence-corrected chi connectivity index (χ0v) is 15.1. The van der Waals surface area contributed by atoms with E-state index in [2.05, 4.69) is 15.0 Å². The number of H-pyrrole nitrogens is 1. The molecule has 8 heteroatoms. The Bertz CT molecular complexity index is 848. The van der Waals surface area contributed by atoms with Crippen molar-refractivity contribution in [2.75, 3.05) is 44.3 Å². The molecule has 0 bridgehead atoms. The molecule has 4 heterocycles. The van der Waals surface area contributed by atoms with Crippen molar-refractivity contribution < 1.29 is 9.53 Å². The first-order valence-electron chi connectivity index (χ1n) is 9.31. The van der Waals surface area contributed by atoms with Gasteiger partial charge in [0.1, 0.15) is 0 Å². The highest BCUT2D eigenvalue weighted by Gasteiger charge is 2.29. The molecule has 0 saturated carbocycles. The zero-order chi connectivity index (χ0) is 18.6. The van der Waals surface area contributed by atoms with Gasteiger partial charge in [0.2, 0.25) is 11.9 Å². The first kappa shape index (κ1) is 17.7. The van der Waals surface area contributed by atoms with Crippen molar-refractivity contribution in [3.8, 4) is 0 Å². The van der Waals surface area contributed by atoms with E-state index < -0.39 is 0 Å². The molecule has 0 radical (unpaired) electrons. The van der Waals surface area contributed by atoms with Crippen molar-refractivity contribution in [3.05, 3.63) is 52.2 Å². The number of ether oxygens (including phenoxy) is 1. The Balaban J connectivity index is 1.44. The summed E-state index contributed by atoms with van der Waals surface area (Å²) >= 11 is 0. The van der Waals surface area contributed by atoms with Gasteiger partial charge in [-0.1, -0.05) is 6.07 Å². The van der Waals surface area contributed by atoms with E-state index in [0.717, 1.165) is 17.8 Å². The van der Waals surface area contributed by atoms with Gasteiger partial charge in [-0.05, 0) is 18.6 Å². The molecule has 1 atom stereocenters. The standard InChI is InChI=1S/C19H23N5O3/c25-17-12-16(21-19(22-17)23-7-9-27-10-8-23)14-4-6-24(13-14)18(26)11-15-3-1-2-5-20-15/h1-3,5,12,14H,4,6-11,13H2,(H,21,22,25)/t14-/m1/s1. The van der Waals surface area contributed by atoms with Crippen molar-refractivity contribution in [1.82, 2.24) is 19.9 Å². The van der Waals surface area contributed by atoms with Crippen LogP contribution in [0, 0.1) is 0 Å². The molecule has 0 unspecified atom stereocenters. The molecule has 2 aromatic heterocycles. The summed E-state index contributed by atoms with van der Waals surface area (Å²) in [6.07, 6.45) is 2.81. The number of nitrogens with one attached hydrogen (secondary N) is 1. The van der Waals surface area contributed by atoms with Crippen LogP contribution in [0.4, 0.5) is 5.95 Å². The van der Waals surface area contributed by atoms with Crippen LogP contribution in [-0.2, 0) is 16.0 Å². The molecular weight excluding hydrogens is 346 g/mol. The lowest BCUT2D eigenvalue weighted by Crippen LogP contribution is -2.38. The van der Waals surface area contributed by atoms with E-state index in [1.54, 1.807) is 12.3 Å². The highest BCUT2D eigenvalue weighted by atomic mass is 16.5. The van der Waals surface area contributed by atoms with Crippen LogP contribution in [-0.4, -0.2) is 65.2 Å². The number of amides is 1. The fourth-order valence-electron chi connectivity index (χ4n) is 3.59. The van der Waals surface area contributed by atoms with Gasteiger partial charge in [-0.15, -0.1) is 0 Å². The Kier molecular flexibility index (Phi) is 5.15. The van der Waals surface area contributed by atoms with E-state index in [0.29, 0.717) is 51.8 Å². The van der Waals surface area contributed by atoms with Crippen LogP contribution in [0.1, 0.15) is 23.7 Å². The van der Waals surface area contributed by atoms with Gasteiger partial charge in [0, 0.05) is 50.1 Å². The van der Waals surface area contributed by atoms with E-state index >= 15 is 0 Å². The van der Waals surface area contributed by atoms with Crippen molar-refractivity contribution >= 4 is 11.9 Å². The Hall–Kier alpha value is -2.74. The van der Waals surface area contributed by atoms with E-state index in [-0.39, 0.29) is 17.4 Å². The molecule has 2 saturated heterocycles. The fourth-order valence-corrected chi connectivity index (χ4v) is 3.59. The van der Waals surface area contributed by atoms with Gasteiger partial charge in [-0.25, -0.2) is 4.98 Å². The summed E-state index contributed by atoms with van der Waals surface area (Å²) in [5.41, 5.74) is 1.38. The Morgan fingerprint density at radius 3 is 2.89 bits per heavy atom. The Morgan fingerprint density at radius 1 is 1.26 bits per heavy atom. The minimum absolute atomic E-state index is 0.0643. The van der Waals surface area contributed by atoms with Gasteiger partial charge in [-0.3, -0.25) is 19.6 Å². The third-order valence-corrected chi connectivity index (χ3v) is 5.08. The Morgan fingerprint density at radius 2 is 2.11 bits per heavy atom. The number of pyridine rings is 1. The molecular formula is C19H23N5O3. The molecule has 2 aromatic rings. The lowest BCUT2D eigenvalue weighted by atomic mass is 10.0. The molecule has 142 valence electrons. The summed E-state index contributed by atoms with van der Waals surface area (Å²) in [5.74, 6) is 0.744. The lowest BCUT2D eigenvalue weighted by Gasteiger charge is -2.27. The molecule has 1 N–H and O–H groups in total. The highest BCUT2D eigenvalue weighted by molar-refractivity contribution is 5.78. The third kappa shape index (κ3) is 4.16. The minimum Gasteiger partial charge on any atom is -0.378 e. The number of anilines is 1. The van der Waals surface area contributed by atoms with Gasteiger partial charge in [0.25, 0.3) is 5.56 Å². The normalized spacial score (nSPS) is 20.1. The van der Waals surface area contributed by atoms with Crippen molar-refractivity contribution in [1.29, 1.82) is 0 Å². The van der Waals surface area contributed by atoms with Gasteiger partial charge in [-0.2, -0.15) is 0 Å². The predicted molar refractivity (Wildman–Crippen MR) is 99.8 cm³/mol. The number of carbonyl (C=O) groups excluding carboxylic acids is 1. The maximum absolute atomic E-state index is 12.5. The molecule has 2 aliphatic rings. The summed E-state index contributed by atoms with van der Waals surface area (Å²) in [7, 11) is 0. The first-order valence-corrected chi connectivity index (χ1v) is 9.31. The molecule has 2 aliphatic heterocycles. The van der Waals surface area contributed by atoms with Gasteiger partial charge < -0.3 is 14.5 Å². The number of carbonyl (C=O) groups is 1. The van der Waals surface area contributed by atoms with Gasteiger partial charge in [0.15, 0.2) is 0 Å². The molecule has 27 heavy (non-hydrogen) atoms. The van der Waals surface area contributed by atoms with Gasteiger partial charge >= 0.3 is 0 Å². The summed E-state index contributed by atoms with van der Waals surface area (Å²) < 4.78 is 5.36. The van der Waals surface area contributed by atoms with E-state index in [9.17, 15) is 9.59 Å². The monoisotopic (exact) mass is 369 g/mol. The smallest absolute Gasteiger partial charge is 0.252 e. The number of aromatic amines is 1. The average molecular weight is 369 g/mol. The summed E-state index contributed by atoms with van der Waals surface area (Å²) in [6.45, 7) is 3.96. The molecule has 4 rings (SSSR count). The first-order chi connectivity index (χ1) is 13.2. The number of aromatic nitrogens is 3. The number of nitrogens with zero attached hydrogens (tertiary/aromatic N) is 4. The topological polar surface area (TPSA) is 91.4 Å². The molecule has 2 fully saturated rings.